The number of rotatable bonds is 8. The molecule has 0 aromatic heterocycles. The van der Waals surface area contributed by atoms with Crippen molar-refractivity contribution in [2.75, 3.05) is 28.4 Å². The first kappa shape index (κ1) is 21.8. The molecule has 0 saturated heterocycles. The van der Waals surface area contributed by atoms with E-state index in [0.717, 1.165) is 18.4 Å². The summed E-state index contributed by atoms with van der Waals surface area (Å²) in [5.41, 5.74) is 1.68. The highest BCUT2D eigenvalue weighted by atomic mass is 16.5. The van der Waals surface area contributed by atoms with E-state index in [9.17, 15) is 4.79 Å². The van der Waals surface area contributed by atoms with E-state index in [2.05, 4.69) is 0 Å². The molecule has 162 valence electrons. The number of amides is 1. The third-order valence-electron chi connectivity index (χ3n) is 5.69. The van der Waals surface area contributed by atoms with Gasteiger partial charge in [-0.1, -0.05) is 31.4 Å². The van der Waals surface area contributed by atoms with Crippen molar-refractivity contribution >= 4 is 5.91 Å². The summed E-state index contributed by atoms with van der Waals surface area (Å²) in [7, 11) is 6.62. The Morgan fingerprint density at radius 1 is 0.933 bits per heavy atom. The van der Waals surface area contributed by atoms with Gasteiger partial charge in [-0.25, -0.2) is 0 Å². The van der Waals surface area contributed by atoms with Crippen LogP contribution in [0.3, 0.4) is 0 Å². The number of hydrogen-bond acceptors (Lipinski definition) is 5. The summed E-state index contributed by atoms with van der Waals surface area (Å²) < 4.78 is 22.0. The van der Waals surface area contributed by atoms with Gasteiger partial charge in [0.2, 0.25) is 5.75 Å². The van der Waals surface area contributed by atoms with Gasteiger partial charge in [0.25, 0.3) is 5.91 Å². The molecule has 0 N–H and O–H groups in total. The highest BCUT2D eigenvalue weighted by Crippen LogP contribution is 2.40. The van der Waals surface area contributed by atoms with Gasteiger partial charge in [-0.05, 0) is 30.5 Å². The zero-order valence-corrected chi connectivity index (χ0v) is 18.3. The van der Waals surface area contributed by atoms with Crippen molar-refractivity contribution in [1.82, 2.24) is 4.90 Å². The molecule has 6 heteroatoms. The first-order chi connectivity index (χ1) is 14.6. The van der Waals surface area contributed by atoms with Crippen LogP contribution in [0.15, 0.2) is 36.4 Å². The molecular formula is C24H31NO5. The van der Waals surface area contributed by atoms with Gasteiger partial charge in [-0.2, -0.15) is 0 Å². The fourth-order valence-electron chi connectivity index (χ4n) is 3.89. The van der Waals surface area contributed by atoms with Crippen molar-refractivity contribution in [3.05, 3.63) is 47.5 Å². The van der Waals surface area contributed by atoms with Gasteiger partial charge >= 0.3 is 0 Å². The van der Waals surface area contributed by atoms with E-state index in [-0.39, 0.29) is 5.91 Å². The summed E-state index contributed by atoms with van der Waals surface area (Å²) in [6.45, 7) is 0.367. The lowest BCUT2D eigenvalue weighted by Gasteiger charge is -2.31. The van der Waals surface area contributed by atoms with Gasteiger partial charge < -0.3 is 23.8 Å². The van der Waals surface area contributed by atoms with E-state index < -0.39 is 0 Å². The number of methoxy groups -OCH3 is 3. The average Bonchev–Trinajstić information content (AvgIpc) is 2.81. The molecule has 0 unspecified atom stereocenters. The van der Waals surface area contributed by atoms with Crippen LogP contribution >= 0.6 is 0 Å². The van der Waals surface area contributed by atoms with Crippen molar-refractivity contribution in [2.24, 2.45) is 0 Å². The van der Waals surface area contributed by atoms with Crippen molar-refractivity contribution in [2.45, 2.75) is 44.8 Å². The summed E-state index contributed by atoms with van der Waals surface area (Å²) in [6, 6.07) is 11.5. The quantitative estimate of drug-likeness (QED) is 0.628. The fraction of sp³-hybridized carbons (Fsp3) is 0.458. The summed E-state index contributed by atoms with van der Waals surface area (Å²) in [5.74, 6) is 2.30. The maximum Gasteiger partial charge on any atom is 0.253 e. The molecule has 1 fully saturated rings. The smallest absolute Gasteiger partial charge is 0.253 e. The van der Waals surface area contributed by atoms with Crippen LogP contribution in [0.1, 0.15) is 48.0 Å². The molecule has 0 heterocycles. The monoisotopic (exact) mass is 413 g/mol. The topological polar surface area (TPSA) is 57.2 Å². The molecule has 0 atom stereocenters. The Morgan fingerprint density at radius 2 is 1.53 bits per heavy atom. The molecule has 2 aromatic rings. The fourth-order valence-corrected chi connectivity index (χ4v) is 3.89. The number of benzene rings is 2. The Kier molecular flexibility index (Phi) is 7.44. The normalized spacial score (nSPS) is 14.1. The molecule has 1 saturated carbocycles. The zero-order valence-electron chi connectivity index (χ0n) is 18.3. The second-order valence-electron chi connectivity index (χ2n) is 7.55. The average molecular weight is 414 g/mol. The minimum Gasteiger partial charge on any atom is -0.493 e. The SMILES string of the molecule is COc1cc(OCc2ccc(C(=O)N(C)C3CCCCC3)cc2)cc(OC)c1OC. The lowest BCUT2D eigenvalue weighted by atomic mass is 9.94. The minimum absolute atomic E-state index is 0.0824. The summed E-state index contributed by atoms with van der Waals surface area (Å²) >= 11 is 0. The lowest BCUT2D eigenvalue weighted by molar-refractivity contribution is 0.0696. The molecule has 6 nitrogen and oxygen atoms in total. The van der Waals surface area contributed by atoms with E-state index in [1.165, 1.54) is 19.3 Å². The van der Waals surface area contributed by atoms with Crippen LogP contribution in [0.25, 0.3) is 0 Å². The largest absolute Gasteiger partial charge is 0.493 e. The van der Waals surface area contributed by atoms with E-state index in [1.807, 2.05) is 36.2 Å². The molecular weight excluding hydrogens is 382 g/mol. The third kappa shape index (κ3) is 4.99. The number of carbonyl (C=O) groups is 1. The van der Waals surface area contributed by atoms with Crippen LogP contribution in [0.2, 0.25) is 0 Å². The number of hydrogen-bond donors (Lipinski definition) is 0. The predicted molar refractivity (Wildman–Crippen MR) is 116 cm³/mol. The van der Waals surface area contributed by atoms with Gasteiger partial charge in [0, 0.05) is 30.8 Å². The van der Waals surface area contributed by atoms with E-state index >= 15 is 0 Å². The minimum atomic E-state index is 0.0824. The van der Waals surface area contributed by atoms with E-state index in [1.54, 1.807) is 33.5 Å². The summed E-state index contributed by atoms with van der Waals surface area (Å²) in [6.07, 6.45) is 5.89. The van der Waals surface area contributed by atoms with Crippen LogP contribution in [-0.4, -0.2) is 45.2 Å². The first-order valence-corrected chi connectivity index (χ1v) is 10.4. The highest BCUT2D eigenvalue weighted by molar-refractivity contribution is 5.94. The van der Waals surface area contributed by atoms with Crippen LogP contribution in [0, 0.1) is 0 Å². The van der Waals surface area contributed by atoms with Crippen LogP contribution < -0.4 is 18.9 Å². The Morgan fingerprint density at radius 3 is 2.07 bits per heavy atom. The maximum absolute atomic E-state index is 12.8. The number of ether oxygens (including phenoxy) is 4. The Hall–Kier alpha value is -2.89. The second kappa shape index (κ2) is 10.2. The van der Waals surface area contributed by atoms with E-state index in [0.29, 0.717) is 41.2 Å². The van der Waals surface area contributed by atoms with Crippen molar-refractivity contribution in [3.8, 4) is 23.0 Å². The molecule has 30 heavy (non-hydrogen) atoms. The van der Waals surface area contributed by atoms with Gasteiger partial charge in [0.1, 0.15) is 12.4 Å². The van der Waals surface area contributed by atoms with E-state index in [4.69, 9.17) is 18.9 Å². The second-order valence-corrected chi connectivity index (χ2v) is 7.55. The predicted octanol–water partition coefficient (Wildman–Crippen LogP) is 4.70. The molecule has 1 aliphatic rings. The summed E-state index contributed by atoms with van der Waals surface area (Å²) in [4.78, 5) is 14.7. The number of carbonyl (C=O) groups excluding carboxylic acids is 1. The highest BCUT2D eigenvalue weighted by Gasteiger charge is 2.23. The first-order valence-electron chi connectivity index (χ1n) is 10.4. The molecule has 0 aliphatic heterocycles. The number of nitrogens with zero attached hydrogens (tertiary/aromatic N) is 1. The van der Waals surface area contributed by atoms with Crippen LogP contribution in [0.4, 0.5) is 0 Å². The molecule has 0 bridgehead atoms. The van der Waals surface area contributed by atoms with Gasteiger partial charge in [0.15, 0.2) is 11.5 Å². The van der Waals surface area contributed by atoms with Crippen molar-refractivity contribution < 1.29 is 23.7 Å². The molecule has 0 radical (unpaired) electrons. The lowest BCUT2D eigenvalue weighted by Crippen LogP contribution is -2.38. The van der Waals surface area contributed by atoms with Crippen LogP contribution in [0.5, 0.6) is 23.0 Å². The third-order valence-corrected chi connectivity index (χ3v) is 5.69. The molecule has 2 aromatic carbocycles. The molecule has 1 amide bonds. The standard InChI is InChI=1S/C24H31NO5/c1-25(19-8-6-5-7-9-19)24(26)18-12-10-17(11-13-18)16-30-20-14-21(27-2)23(29-4)22(15-20)28-3/h10-15,19H,5-9,16H2,1-4H3. The maximum atomic E-state index is 12.8. The van der Waals surface area contributed by atoms with Crippen molar-refractivity contribution in [1.29, 1.82) is 0 Å². The Balaban J connectivity index is 1.64. The Labute approximate surface area is 178 Å². The van der Waals surface area contributed by atoms with Gasteiger partial charge in [0.05, 0.1) is 21.3 Å². The van der Waals surface area contributed by atoms with Crippen molar-refractivity contribution in [3.63, 3.8) is 0 Å². The zero-order chi connectivity index (χ0) is 21.5. The molecule has 1 aliphatic carbocycles. The molecule has 3 rings (SSSR count). The van der Waals surface area contributed by atoms with Gasteiger partial charge in [-0.3, -0.25) is 4.79 Å². The molecule has 0 spiro atoms. The summed E-state index contributed by atoms with van der Waals surface area (Å²) in [5, 5.41) is 0. The van der Waals surface area contributed by atoms with Crippen LogP contribution in [-0.2, 0) is 6.61 Å². The van der Waals surface area contributed by atoms with Gasteiger partial charge in [-0.15, -0.1) is 0 Å². The Bertz CT molecular complexity index is 818.